The van der Waals surface area contributed by atoms with E-state index in [1.54, 1.807) is 0 Å². The molecule has 0 aromatic heterocycles. The molecule has 1 saturated carbocycles. The topological polar surface area (TPSA) is 48.9 Å². The summed E-state index contributed by atoms with van der Waals surface area (Å²) < 4.78 is 5.53. The lowest BCUT2D eigenvalue weighted by Crippen LogP contribution is -2.46. The lowest BCUT2D eigenvalue weighted by atomic mass is 9.73. The maximum Gasteiger partial charge on any atom is 0.191 e. The fraction of sp³-hybridized carbons (Fsp3) is 0.950. The Morgan fingerprint density at radius 2 is 1.88 bits per heavy atom. The predicted octanol–water partition coefficient (Wildman–Crippen LogP) is 2.97. The zero-order valence-electron chi connectivity index (χ0n) is 17.0. The van der Waals surface area contributed by atoms with E-state index in [-0.39, 0.29) is 0 Å². The minimum Gasteiger partial charge on any atom is -0.379 e. The Hall–Kier alpha value is -0.460. The number of ether oxygens (including phenoxy) is 1. The number of hydrogen-bond donors (Lipinski definition) is 2. The summed E-state index contributed by atoms with van der Waals surface area (Å²) in [5.74, 6) is 2.25. The molecule has 2 aliphatic rings. The summed E-state index contributed by atoms with van der Waals surface area (Å²) in [7, 11) is 0. The van der Waals surface area contributed by atoms with Gasteiger partial charge in [0, 0.05) is 44.7 Å². The first kappa shape index (κ1) is 21.8. The van der Waals surface area contributed by atoms with Crippen LogP contribution in [0.3, 0.4) is 0 Å². The molecule has 2 N–H and O–H groups in total. The molecule has 6 heteroatoms. The van der Waals surface area contributed by atoms with E-state index in [9.17, 15) is 0 Å². The van der Waals surface area contributed by atoms with Crippen molar-refractivity contribution in [2.24, 2.45) is 10.4 Å². The number of rotatable bonds is 10. The lowest BCUT2D eigenvalue weighted by Gasteiger charge is -2.41. The Kier molecular flexibility index (Phi) is 10.8. The minimum absolute atomic E-state index is 0.358. The Morgan fingerprint density at radius 3 is 2.58 bits per heavy atom. The molecule has 0 atom stereocenters. The summed E-state index contributed by atoms with van der Waals surface area (Å²) in [5, 5.41) is 6.97. The second-order valence-electron chi connectivity index (χ2n) is 7.77. The van der Waals surface area contributed by atoms with Crippen LogP contribution in [0, 0.1) is 5.41 Å². The first-order valence-corrected chi connectivity index (χ1v) is 12.0. The van der Waals surface area contributed by atoms with Crippen LogP contribution in [0.2, 0.25) is 0 Å². The van der Waals surface area contributed by atoms with Crippen molar-refractivity contribution in [3.63, 3.8) is 0 Å². The Bertz CT molecular complexity index is 393. The molecular formula is C20H40N4OS. The summed E-state index contributed by atoms with van der Waals surface area (Å²) in [6.07, 6.45) is 11.4. The summed E-state index contributed by atoms with van der Waals surface area (Å²) in [5.41, 5.74) is 0.358. The van der Waals surface area contributed by atoms with E-state index < -0.39 is 0 Å². The highest BCUT2D eigenvalue weighted by atomic mass is 32.2. The molecule has 2 rings (SSSR count). The zero-order chi connectivity index (χ0) is 18.5. The van der Waals surface area contributed by atoms with Gasteiger partial charge in [-0.15, -0.1) is 0 Å². The van der Waals surface area contributed by atoms with E-state index in [0.717, 1.165) is 51.9 Å². The summed E-state index contributed by atoms with van der Waals surface area (Å²) >= 11 is 1.93. The van der Waals surface area contributed by atoms with E-state index in [2.05, 4.69) is 28.7 Å². The fourth-order valence-electron chi connectivity index (χ4n) is 4.07. The molecule has 2 fully saturated rings. The second-order valence-corrected chi connectivity index (χ2v) is 8.76. The SMILES string of the molecule is CCNC(=NCC1(CN2CCOCC2)CCCCC1)NCCCCSC. The molecule has 152 valence electrons. The van der Waals surface area contributed by atoms with Crippen molar-refractivity contribution < 1.29 is 4.74 Å². The molecule has 0 aromatic rings. The maximum absolute atomic E-state index is 5.53. The van der Waals surface area contributed by atoms with Crippen LogP contribution in [-0.2, 0) is 4.74 Å². The molecule has 1 heterocycles. The minimum atomic E-state index is 0.358. The van der Waals surface area contributed by atoms with Crippen LogP contribution in [0.1, 0.15) is 51.9 Å². The molecule has 0 bridgehead atoms. The molecule has 0 unspecified atom stereocenters. The van der Waals surface area contributed by atoms with E-state index in [1.165, 1.54) is 57.2 Å². The van der Waals surface area contributed by atoms with Crippen LogP contribution in [0.25, 0.3) is 0 Å². The van der Waals surface area contributed by atoms with Crippen LogP contribution in [0.5, 0.6) is 0 Å². The third-order valence-electron chi connectivity index (χ3n) is 5.56. The molecule has 0 amide bonds. The van der Waals surface area contributed by atoms with Gasteiger partial charge in [0.1, 0.15) is 0 Å². The number of unbranched alkanes of at least 4 members (excludes halogenated alkanes) is 1. The van der Waals surface area contributed by atoms with Crippen molar-refractivity contribution in [2.75, 3.05) is 64.5 Å². The summed E-state index contributed by atoms with van der Waals surface area (Å²) in [4.78, 5) is 7.63. The Morgan fingerprint density at radius 1 is 1.12 bits per heavy atom. The van der Waals surface area contributed by atoms with Crippen LogP contribution in [-0.4, -0.2) is 75.4 Å². The second kappa shape index (κ2) is 12.8. The van der Waals surface area contributed by atoms with Crippen LogP contribution in [0.15, 0.2) is 4.99 Å². The van der Waals surface area contributed by atoms with Crippen LogP contribution < -0.4 is 10.6 Å². The fourth-order valence-corrected chi connectivity index (χ4v) is 4.56. The van der Waals surface area contributed by atoms with Crippen molar-refractivity contribution in [3.05, 3.63) is 0 Å². The lowest BCUT2D eigenvalue weighted by molar-refractivity contribution is 0.00937. The molecular weight excluding hydrogens is 344 g/mol. The number of guanidine groups is 1. The van der Waals surface area contributed by atoms with Crippen LogP contribution in [0.4, 0.5) is 0 Å². The van der Waals surface area contributed by atoms with E-state index in [0.29, 0.717) is 5.41 Å². The van der Waals surface area contributed by atoms with Gasteiger partial charge in [0.25, 0.3) is 0 Å². The van der Waals surface area contributed by atoms with E-state index >= 15 is 0 Å². The predicted molar refractivity (Wildman–Crippen MR) is 114 cm³/mol. The Balaban J connectivity index is 1.89. The largest absolute Gasteiger partial charge is 0.379 e. The van der Waals surface area contributed by atoms with Crippen molar-refractivity contribution in [1.29, 1.82) is 0 Å². The van der Waals surface area contributed by atoms with Crippen molar-refractivity contribution in [1.82, 2.24) is 15.5 Å². The smallest absolute Gasteiger partial charge is 0.191 e. The van der Waals surface area contributed by atoms with Gasteiger partial charge in [0.05, 0.1) is 13.2 Å². The van der Waals surface area contributed by atoms with Crippen molar-refractivity contribution in [3.8, 4) is 0 Å². The maximum atomic E-state index is 5.53. The molecule has 26 heavy (non-hydrogen) atoms. The molecule has 0 radical (unpaired) electrons. The quantitative estimate of drug-likeness (QED) is 0.344. The number of aliphatic imine (C=N–C) groups is 1. The normalized spacial score (nSPS) is 21.5. The van der Waals surface area contributed by atoms with E-state index in [4.69, 9.17) is 9.73 Å². The van der Waals surface area contributed by atoms with Crippen LogP contribution >= 0.6 is 11.8 Å². The number of nitrogens with zero attached hydrogens (tertiary/aromatic N) is 2. The van der Waals surface area contributed by atoms with Gasteiger partial charge >= 0.3 is 0 Å². The molecule has 1 saturated heterocycles. The van der Waals surface area contributed by atoms with Crippen molar-refractivity contribution >= 4 is 17.7 Å². The number of morpholine rings is 1. The Labute approximate surface area is 165 Å². The highest BCUT2D eigenvalue weighted by Crippen LogP contribution is 2.37. The molecule has 5 nitrogen and oxygen atoms in total. The van der Waals surface area contributed by atoms with Gasteiger partial charge in [-0.1, -0.05) is 19.3 Å². The summed E-state index contributed by atoms with van der Waals surface area (Å²) in [6, 6.07) is 0. The van der Waals surface area contributed by atoms with Gasteiger partial charge in [-0.05, 0) is 44.6 Å². The number of thioether (sulfide) groups is 1. The van der Waals surface area contributed by atoms with Gasteiger partial charge in [-0.3, -0.25) is 9.89 Å². The average Bonchev–Trinajstić information content (AvgIpc) is 2.67. The van der Waals surface area contributed by atoms with Gasteiger partial charge in [-0.25, -0.2) is 0 Å². The number of hydrogen-bond acceptors (Lipinski definition) is 4. The first-order chi connectivity index (χ1) is 12.8. The molecule has 1 aliphatic heterocycles. The molecule has 0 spiro atoms. The zero-order valence-corrected chi connectivity index (χ0v) is 17.8. The summed E-state index contributed by atoms with van der Waals surface area (Å²) in [6.45, 7) is 10.2. The van der Waals surface area contributed by atoms with Gasteiger partial charge < -0.3 is 15.4 Å². The highest BCUT2D eigenvalue weighted by molar-refractivity contribution is 7.98. The van der Waals surface area contributed by atoms with Gasteiger partial charge in [-0.2, -0.15) is 11.8 Å². The van der Waals surface area contributed by atoms with Gasteiger partial charge in [0.2, 0.25) is 0 Å². The third kappa shape index (κ3) is 8.05. The first-order valence-electron chi connectivity index (χ1n) is 10.6. The van der Waals surface area contributed by atoms with Crippen molar-refractivity contribution in [2.45, 2.75) is 51.9 Å². The molecule has 1 aliphatic carbocycles. The molecule has 0 aromatic carbocycles. The standard InChI is InChI=1S/C20H40N4OS/c1-3-21-19(22-11-7-8-16-26-2)23-17-20(9-5-4-6-10-20)18-24-12-14-25-15-13-24/h3-18H2,1-2H3,(H2,21,22,23). The third-order valence-corrected chi connectivity index (χ3v) is 6.26. The highest BCUT2D eigenvalue weighted by Gasteiger charge is 2.34. The monoisotopic (exact) mass is 384 g/mol. The number of nitrogens with one attached hydrogen (secondary N) is 2. The average molecular weight is 385 g/mol. The van der Waals surface area contributed by atoms with E-state index in [1.807, 2.05) is 11.8 Å². The van der Waals surface area contributed by atoms with Gasteiger partial charge in [0.15, 0.2) is 5.96 Å².